The Labute approximate surface area is 170 Å². The van der Waals surface area contributed by atoms with Gasteiger partial charge in [-0.3, -0.25) is 19.3 Å². The summed E-state index contributed by atoms with van der Waals surface area (Å²) in [4.78, 5) is 20.9. The van der Waals surface area contributed by atoms with Gasteiger partial charge in [0, 0.05) is 6.21 Å². The van der Waals surface area contributed by atoms with Gasteiger partial charge in [-0.05, 0) is 55.1 Å². The second-order valence-corrected chi connectivity index (χ2v) is 8.06. The fraction of sp³-hybridized carbons (Fsp3) is 0.476. The number of H-pyrrole nitrogens is 1. The Morgan fingerprint density at radius 3 is 2.57 bits per heavy atom. The predicted octanol–water partition coefficient (Wildman–Crippen LogP) is 2.21. The normalized spacial score (nSPS) is 15.5. The number of quaternary nitrogens is 1. The van der Waals surface area contributed by atoms with E-state index in [2.05, 4.69) is 23.8 Å². The average Bonchev–Trinajstić information content (AvgIpc) is 2.68. The minimum Gasteiger partial charge on any atom is -0.494 e. The molecule has 0 bridgehead atoms. The van der Waals surface area contributed by atoms with E-state index >= 15 is 0 Å². The van der Waals surface area contributed by atoms with Crippen molar-refractivity contribution in [3.63, 3.8) is 0 Å². The Morgan fingerprint density at radius 2 is 1.93 bits per heavy atom. The first-order valence-electron chi connectivity index (χ1n) is 9.99. The van der Waals surface area contributed by atoms with E-state index in [4.69, 9.17) is 12.2 Å². The molecule has 0 aliphatic carbocycles. The number of aromatic nitrogens is 2. The molecule has 1 aromatic heterocycles. The van der Waals surface area contributed by atoms with Crippen molar-refractivity contribution in [2.75, 3.05) is 26.2 Å². The summed E-state index contributed by atoms with van der Waals surface area (Å²) < 4.78 is 1.63. The highest BCUT2D eigenvalue weighted by Gasteiger charge is 2.14. The first kappa shape index (κ1) is 20.5. The third kappa shape index (κ3) is 4.77. The number of nitrogens with one attached hydrogen (secondary N) is 2. The number of rotatable bonds is 6. The zero-order valence-electron chi connectivity index (χ0n) is 16.6. The highest BCUT2D eigenvalue weighted by atomic mass is 32.1. The highest BCUT2D eigenvalue weighted by molar-refractivity contribution is 7.71. The van der Waals surface area contributed by atoms with Crippen LogP contribution in [0, 0.1) is 4.77 Å². The second kappa shape index (κ2) is 9.30. The molecule has 3 rings (SSSR count). The number of aliphatic imine (C=N–C) groups is 1. The van der Waals surface area contributed by atoms with E-state index in [9.17, 15) is 9.90 Å². The zero-order valence-corrected chi connectivity index (χ0v) is 17.4. The number of hydrogen-bond donors (Lipinski definition) is 3. The molecule has 1 aliphatic heterocycles. The molecule has 150 valence electrons. The summed E-state index contributed by atoms with van der Waals surface area (Å²) in [6.45, 7) is 8.21. The first-order chi connectivity index (χ1) is 13.5. The van der Waals surface area contributed by atoms with E-state index in [-0.39, 0.29) is 16.2 Å². The van der Waals surface area contributed by atoms with Gasteiger partial charge in [-0.2, -0.15) is 0 Å². The quantitative estimate of drug-likeness (QED) is 0.513. The van der Waals surface area contributed by atoms with Gasteiger partial charge in [0.1, 0.15) is 5.56 Å². The SMILES string of the molecule is CC(C)c1ccc(-n2c(O)c(C=NCC[NH+]3CCCCC3)c(=O)[nH]c2=S)cc1. The Kier molecular flexibility index (Phi) is 6.80. The van der Waals surface area contributed by atoms with Gasteiger partial charge >= 0.3 is 0 Å². The molecule has 1 fully saturated rings. The van der Waals surface area contributed by atoms with Gasteiger partial charge in [-0.15, -0.1) is 0 Å². The Hall–Kier alpha value is -2.25. The number of nitrogens with zero attached hydrogens (tertiary/aromatic N) is 2. The molecule has 1 aliphatic rings. The van der Waals surface area contributed by atoms with E-state index in [1.165, 1.54) is 48.7 Å². The summed E-state index contributed by atoms with van der Waals surface area (Å²) in [5.74, 6) is 0.232. The van der Waals surface area contributed by atoms with Gasteiger partial charge < -0.3 is 10.0 Å². The molecule has 0 atom stereocenters. The van der Waals surface area contributed by atoms with Crippen molar-refractivity contribution >= 4 is 18.4 Å². The van der Waals surface area contributed by atoms with Gasteiger partial charge in [-0.1, -0.05) is 26.0 Å². The van der Waals surface area contributed by atoms with Gasteiger partial charge in [0.15, 0.2) is 4.77 Å². The maximum atomic E-state index is 12.3. The van der Waals surface area contributed by atoms with Crippen molar-refractivity contribution < 1.29 is 10.0 Å². The molecular weight excluding hydrogens is 372 g/mol. The molecule has 2 aromatic rings. The van der Waals surface area contributed by atoms with Crippen LogP contribution in [0.3, 0.4) is 0 Å². The van der Waals surface area contributed by atoms with E-state index in [1.807, 2.05) is 24.3 Å². The van der Waals surface area contributed by atoms with Gasteiger partial charge in [0.25, 0.3) is 5.56 Å². The Balaban J connectivity index is 1.82. The number of aromatic hydroxyl groups is 1. The van der Waals surface area contributed by atoms with E-state index in [1.54, 1.807) is 4.90 Å². The predicted molar refractivity (Wildman–Crippen MR) is 115 cm³/mol. The summed E-state index contributed by atoms with van der Waals surface area (Å²) in [6.07, 6.45) is 5.33. The number of benzene rings is 1. The molecule has 6 nitrogen and oxygen atoms in total. The van der Waals surface area contributed by atoms with Crippen molar-refractivity contribution in [3.05, 3.63) is 50.5 Å². The monoisotopic (exact) mass is 401 g/mol. The molecule has 28 heavy (non-hydrogen) atoms. The molecule has 0 radical (unpaired) electrons. The Bertz CT molecular complexity index is 938. The molecule has 0 unspecified atom stereocenters. The second-order valence-electron chi connectivity index (χ2n) is 7.67. The molecule has 3 N–H and O–H groups in total. The molecule has 0 spiro atoms. The standard InChI is InChI=1S/C21H28N4O2S/c1-15(2)16-6-8-17(9-7-16)25-20(27)18(19(26)23-21(25)28)14-22-10-13-24-11-4-3-5-12-24/h6-9,14-15,27H,3-5,10-13H2,1-2H3,(H,23,26,28)/p+1. The largest absolute Gasteiger partial charge is 0.494 e. The average molecular weight is 402 g/mol. The smallest absolute Gasteiger partial charge is 0.264 e. The molecular formula is C21H29N4O2S+. The third-order valence-corrected chi connectivity index (χ3v) is 5.60. The van der Waals surface area contributed by atoms with Gasteiger partial charge in [0.2, 0.25) is 5.88 Å². The molecule has 1 aromatic carbocycles. The third-order valence-electron chi connectivity index (χ3n) is 5.31. The number of aromatic amines is 1. The molecule has 1 saturated heterocycles. The van der Waals surface area contributed by atoms with Gasteiger partial charge in [-0.25, -0.2) is 0 Å². The van der Waals surface area contributed by atoms with E-state index < -0.39 is 5.56 Å². The van der Waals surface area contributed by atoms with Crippen LogP contribution in [0.1, 0.15) is 50.2 Å². The minimum absolute atomic E-state index is 0.134. The van der Waals surface area contributed by atoms with Crippen LogP contribution in [0.25, 0.3) is 5.69 Å². The lowest BCUT2D eigenvalue weighted by molar-refractivity contribution is -0.903. The van der Waals surface area contributed by atoms with Crippen molar-refractivity contribution in [3.8, 4) is 11.6 Å². The summed E-state index contributed by atoms with van der Waals surface area (Å²) in [7, 11) is 0. The fourth-order valence-electron chi connectivity index (χ4n) is 3.58. The number of piperidine rings is 1. The van der Waals surface area contributed by atoms with Crippen LogP contribution in [-0.2, 0) is 0 Å². The summed E-state index contributed by atoms with van der Waals surface area (Å²) in [5, 5.41) is 10.7. The summed E-state index contributed by atoms with van der Waals surface area (Å²) >= 11 is 5.27. The van der Waals surface area contributed by atoms with Crippen molar-refractivity contribution in [2.24, 2.45) is 4.99 Å². The van der Waals surface area contributed by atoms with Crippen molar-refractivity contribution in [2.45, 2.75) is 39.0 Å². The van der Waals surface area contributed by atoms with Crippen LogP contribution in [0.15, 0.2) is 34.1 Å². The van der Waals surface area contributed by atoms with Crippen LogP contribution in [0.2, 0.25) is 0 Å². The lowest BCUT2D eigenvalue weighted by Gasteiger charge is -2.22. The Morgan fingerprint density at radius 1 is 1.25 bits per heavy atom. The topological polar surface area (TPSA) is 74.8 Å². The van der Waals surface area contributed by atoms with Crippen molar-refractivity contribution in [1.29, 1.82) is 0 Å². The van der Waals surface area contributed by atoms with Crippen LogP contribution < -0.4 is 10.5 Å². The van der Waals surface area contributed by atoms with Crippen molar-refractivity contribution in [1.82, 2.24) is 9.55 Å². The molecule has 0 amide bonds. The van der Waals surface area contributed by atoms with Crippen LogP contribution in [0.5, 0.6) is 5.88 Å². The maximum absolute atomic E-state index is 12.3. The lowest BCUT2D eigenvalue weighted by atomic mass is 10.0. The summed E-state index contributed by atoms with van der Waals surface area (Å²) in [6, 6.07) is 7.79. The van der Waals surface area contributed by atoms with Crippen LogP contribution in [-0.4, -0.2) is 47.1 Å². The molecule has 0 saturated carbocycles. The van der Waals surface area contributed by atoms with Gasteiger partial charge in [0.05, 0.1) is 31.9 Å². The van der Waals surface area contributed by atoms with E-state index in [0.717, 1.165) is 6.54 Å². The zero-order chi connectivity index (χ0) is 20.1. The molecule has 2 heterocycles. The minimum atomic E-state index is -0.424. The van der Waals surface area contributed by atoms with Crippen LogP contribution >= 0.6 is 12.2 Å². The fourth-order valence-corrected chi connectivity index (χ4v) is 3.87. The number of hydrogen-bond acceptors (Lipinski definition) is 4. The number of likely N-dealkylation sites (tertiary alicyclic amines) is 1. The summed E-state index contributed by atoms with van der Waals surface area (Å²) in [5.41, 5.74) is 1.61. The lowest BCUT2D eigenvalue weighted by Crippen LogP contribution is -3.13. The van der Waals surface area contributed by atoms with E-state index in [0.29, 0.717) is 18.2 Å². The highest BCUT2D eigenvalue weighted by Crippen LogP contribution is 2.21. The maximum Gasteiger partial charge on any atom is 0.264 e. The molecule has 7 heteroatoms. The first-order valence-corrected chi connectivity index (χ1v) is 10.4. The van der Waals surface area contributed by atoms with Crippen LogP contribution in [0.4, 0.5) is 0 Å².